The second-order valence-electron chi connectivity index (χ2n) is 6.93. The average molecular weight is 415 g/mol. The van der Waals surface area contributed by atoms with Crippen LogP contribution >= 0.6 is 0 Å². The molecule has 30 heavy (non-hydrogen) atoms. The van der Waals surface area contributed by atoms with Gasteiger partial charge in [-0.1, -0.05) is 36.4 Å². The van der Waals surface area contributed by atoms with Gasteiger partial charge >= 0.3 is 12.1 Å². The van der Waals surface area contributed by atoms with Gasteiger partial charge in [-0.05, 0) is 24.6 Å². The van der Waals surface area contributed by atoms with Gasteiger partial charge in [-0.3, -0.25) is 14.2 Å². The molecule has 4 aromatic rings. The van der Waals surface area contributed by atoms with Crippen LogP contribution in [0.1, 0.15) is 11.3 Å². The number of rotatable bonds is 4. The smallest absolute Gasteiger partial charge is 0.408 e. The minimum Gasteiger partial charge on any atom is -0.481 e. The maximum atomic E-state index is 13.1. The van der Waals surface area contributed by atoms with E-state index in [0.29, 0.717) is 32.2 Å². The van der Waals surface area contributed by atoms with Crippen molar-refractivity contribution in [3.05, 3.63) is 70.1 Å². The highest BCUT2D eigenvalue weighted by atomic mass is 19.4. The average Bonchev–Trinajstić information content (AvgIpc) is 2.95. The Bertz CT molecular complexity index is 1350. The molecule has 154 valence electrons. The van der Waals surface area contributed by atoms with Gasteiger partial charge in [0.05, 0.1) is 17.3 Å². The second-order valence-corrected chi connectivity index (χ2v) is 6.93. The number of carbonyl (C=O) groups is 1. The van der Waals surface area contributed by atoms with Gasteiger partial charge in [0.2, 0.25) is 0 Å². The Morgan fingerprint density at radius 2 is 1.63 bits per heavy atom. The molecule has 2 aromatic carbocycles. The van der Waals surface area contributed by atoms with Crippen LogP contribution < -0.4 is 5.56 Å². The van der Waals surface area contributed by atoms with Crippen molar-refractivity contribution in [2.75, 3.05) is 0 Å². The summed E-state index contributed by atoms with van der Waals surface area (Å²) in [6, 6.07) is 13.3. The van der Waals surface area contributed by atoms with E-state index in [-0.39, 0.29) is 17.6 Å². The third-order valence-corrected chi connectivity index (χ3v) is 4.96. The van der Waals surface area contributed by atoms with E-state index in [9.17, 15) is 27.9 Å². The predicted molar refractivity (Wildman–Crippen MR) is 105 cm³/mol. The number of aliphatic carboxylic acids is 1. The van der Waals surface area contributed by atoms with Crippen LogP contribution in [0.2, 0.25) is 0 Å². The van der Waals surface area contributed by atoms with Gasteiger partial charge in [-0.2, -0.15) is 18.3 Å². The van der Waals surface area contributed by atoms with Crippen LogP contribution in [0.5, 0.6) is 0 Å². The molecule has 0 saturated heterocycles. The zero-order valence-corrected chi connectivity index (χ0v) is 15.8. The Hall–Kier alpha value is -3.62. The summed E-state index contributed by atoms with van der Waals surface area (Å²) < 4.78 is 41.2. The Morgan fingerprint density at radius 3 is 2.27 bits per heavy atom. The van der Waals surface area contributed by atoms with Crippen LogP contribution in [0, 0.1) is 6.92 Å². The summed E-state index contributed by atoms with van der Waals surface area (Å²) in [5.74, 6) is -0.888. The van der Waals surface area contributed by atoms with E-state index in [1.54, 1.807) is 54.0 Å². The molecule has 0 spiro atoms. The third-order valence-electron chi connectivity index (χ3n) is 4.96. The van der Waals surface area contributed by atoms with E-state index < -0.39 is 24.2 Å². The molecule has 0 radical (unpaired) electrons. The maximum absolute atomic E-state index is 13.1. The molecule has 0 aliphatic heterocycles. The number of aromatic nitrogens is 3. The summed E-state index contributed by atoms with van der Waals surface area (Å²) in [7, 11) is 0. The van der Waals surface area contributed by atoms with Gasteiger partial charge in [0.15, 0.2) is 5.82 Å². The molecule has 0 saturated carbocycles. The molecule has 2 heterocycles. The summed E-state index contributed by atoms with van der Waals surface area (Å²) in [4.78, 5) is 24.0. The van der Waals surface area contributed by atoms with Crippen molar-refractivity contribution >= 4 is 27.6 Å². The molecule has 0 aliphatic rings. The largest absolute Gasteiger partial charge is 0.481 e. The molecule has 2 aromatic heterocycles. The Labute approximate surface area is 167 Å². The summed E-state index contributed by atoms with van der Waals surface area (Å²) >= 11 is 0. The highest BCUT2D eigenvalue weighted by Crippen LogP contribution is 2.31. The van der Waals surface area contributed by atoms with Gasteiger partial charge < -0.3 is 5.11 Å². The minimum absolute atomic E-state index is 0.101. The number of hydrogen-bond acceptors (Lipinski definition) is 3. The van der Waals surface area contributed by atoms with Crippen LogP contribution in [0.25, 0.3) is 27.5 Å². The molecule has 6 nitrogen and oxygen atoms in total. The van der Waals surface area contributed by atoms with Crippen molar-refractivity contribution in [2.45, 2.75) is 26.1 Å². The van der Waals surface area contributed by atoms with Gasteiger partial charge in [0.1, 0.15) is 6.54 Å². The number of alkyl halides is 3. The SMILES string of the molecule is Cc1c(CC(=O)O)c2ccccc2n1-c1nn(CC(F)(F)F)c(=O)c2ccccc12. The van der Waals surface area contributed by atoms with Crippen molar-refractivity contribution in [1.29, 1.82) is 0 Å². The van der Waals surface area contributed by atoms with Crippen molar-refractivity contribution < 1.29 is 23.1 Å². The van der Waals surface area contributed by atoms with E-state index in [4.69, 9.17) is 0 Å². The van der Waals surface area contributed by atoms with Crippen molar-refractivity contribution in [1.82, 2.24) is 14.3 Å². The normalized spacial score (nSPS) is 12.0. The lowest BCUT2D eigenvalue weighted by Crippen LogP contribution is -2.31. The zero-order valence-electron chi connectivity index (χ0n) is 15.8. The molecule has 0 bridgehead atoms. The molecule has 4 rings (SSSR count). The zero-order chi connectivity index (χ0) is 21.6. The van der Waals surface area contributed by atoms with E-state index in [1.807, 2.05) is 0 Å². The molecular formula is C21H16F3N3O3. The van der Waals surface area contributed by atoms with Gasteiger partial charge in [0, 0.05) is 16.5 Å². The fourth-order valence-corrected chi connectivity index (χ4v) is 3.74. The first kappa shape index (κ1) is 19.7. The Morgan fingerprint density at radius 1 is 1.03 bits per heavy atom. The second kappa shape index (κ2) is 7.01. The number of carboxylic acids is 1. The van der Waals surface area contributed by atoms with Crippen LogP contribution in [-0.4, -0.2) is 31.6 Å². The molecule has 0 unspecified atom stereocenters. The van der Waals surface area contributed by atoms with Gasteiger partial charge in [0.25, 0.3) is 5.56 Å². The van der Waals surface area contributed by atoms with Crippen LogP contribution in [0.3, 0.4) is 0 Å². The standard InChI is InChI=1S/C21H16F3N3O3/c1-12-16(10-18(28)29)13-6-4-5-9-17(13)27(12)19-14-7-2-3-8-15(14)20(30)26(25-19)11-21(22,23)24/h2-9H,10-11H2,1H3,(H,28,29). The third kappa shape index (κ3) is 3.32. The number of para-hydroxylation sites is 1. The molecular weight excluding hydrogens is 399 g/mol. The molecule has 0 aliphatic carbocycles. The van der Waals surface area contributed by atoms with Crippen molar-refractivity contribution in [3.8, 4) is 5.82 Å². The number of hydrogen-bond donors (Lipinski definition) is 1. The number of nitrogens with zero attached hydrogens (tertiary/aromatic N) is 3. The number of carboxylic acid groups (broad SMARTS) is 1. The van der Waals surface area contributed by atoms with Gasteiger partial charge in [-0.25, -0.2) is 4.68 Å². The van der Waals surface area contributed by atoms with Crippen LogP contribution in [-0.2, 0) is 17.8 Å². The summed E-state index contributed by atoms with van der Waals surface area (Å²) in [5.41, 5.74) is 0.832. The van der Waals surface area contributed by atoms with Crippen molar-refractivity contribution in [2.24, 2.45) is 0 Å². The lowest BCUT2D eigenvalue weighted by molar-refractivity contribution is -0.143. The van der Waals surface area contributed by atoms with Gasteiger partial charge in [-0.15, -0.1) is 0 Å². The topological polar surface area (TPSA) is 77.1 Å². The lowest BCUT2D eigenvalue weighted by atomic mass is 10.1. The lowest BCUT2D eigenvalue weighted by Gasteiger charge is -2.15. The van der Waals surface area contributed by atoms with E-state index in [0.717, 1.165) is 0 Å². The van der Waals surface area contributed by atoms with E-state index in [1.165, 1.54) is 6.07 Å². The summed E-state index contributed by atoms with van der Waals surface area (Å²) in [6.45, 7) is 0.165. The number of fused-ring (bicyclic) bond motifs is 2. The van der Waals surface area contributed by atoms with E-state index >= 15 is 0 Å². The van der Waals surface area contributed by atoms with Crippen LogP contribution in [0.15, 0.2) is 53.3 Å². The first-order chi connectivity index (χ1) is 14.2. The maximum Gasteiger partial charge on any atom is 0.408 e. The number of benzene rings is 2. The highest BCUT2D eigenvalue weighted by Gasteiger charge is 2.30. The Balaban J connectivity index is 2.11. The molecule has 1 N–H and O–H groups in total. The fraction of sp³-hybridized carbons (Fsp3) is 0.190. The van der Waals surface area contributed by atoms with Crippen molar-refractivity contribution in [3.63, 3.8) is 0 Å². The van der Waals surface area contributed by atoms with Crippen LogP contribution in [0.4, 0.5) is 13.2 Å². The minimum atomic E-state index is -4.63. The fourth-order valence-electron chi connectivity index (χ4n) is 3.74. The molecule has 0 fully saturated rings. The Kier molecular flexibility index (Phi) is 4.60. The van der Waals surface area contributed by atoms with E-state index in [2.05, 4.69) is 5.10 Å². The molecule has 9 heteroatoms. The first-order valence-electron chi connectivity index (χ1n) is 9.05. The number of halogens is 3. The molecule has 0 atom stereocenters. The summed E-state index contributed by atoms with van der Waals surface area (Å²) in [6.07, 6.45) is -4.88. The first-order valence-corrected chi connectivity index (χ1v) is 9.05. The summed E-state index contributed by atoms with van der Waals surface area (Å²) in [5, 5.41) is 14.5. The quantitative estimate of drug-likeness (QED) is 0.550. The monoisotopic (exact) mass is 415 g/mol. The molecule has 0 amide bonds. The highest BCUT2D eigenvalue weighted by molar-refractivity contribution is 5.94. The predicted octanol–water partition coefficient (Wildman–Crippen LogP) is 3.84.